The third-order valence-corrected chi connectivity index (χ3v) is 3.30. The number of carbonyl (C=O) groups excluding carboxylic acids is 1. The number of aliphatic carboxylic acids is 1. The van der Waals surface area contributed by atoms with Gasteiger partial charge in [0.25, 0.3) is 0 Å². The largest absolute Gasteiger partial charge is 0.479 e. The number of carboxylic acids is 1. The van der Waals surface area contributed by atoms with Crippen LogP contribution in [-0.2, 0) is 16.0 Å². The van der Waals surface area contributed by atoms with E-state index in [0.29, 0.717) is 0 Å². The molecule has 0 aromatic heterocycles. The van der Waals surface area contributed by atoms with Crippen molar-refractivity contribution in [3.05, 3.63) is 34.9 Å². The Morgan fingerprint density at radius 3 is 2.65 bits per heavy atom. The summed E-state index contributed by atoms with van der Waals surface area (Å²) in [4.78, 5) is 22.7. The van der Waals surface area contributed by atoms with E-state index in [0.717, 1.165) is 23.7 Å². The van der Waals surface area contributed by atoms with Crippen molar-refractivity contribution in [3.8, 4) is 0 Å². The molecule has 110 valence electrons. The summed E-state index contributed by atoms with van der Waals surface area (Å²) in [6, 6.07) is 4.80. The minimum Gasteiger partial charge on any atom is -0.479 e. The van der Waals surface area contributed by atoms with Crippen molar-refractivity contribution in [2.45, 2.75) is 25.9 Å². The molecule has 20 heavy (non-hydrogen) atoms. The smallest absolute Gasteiger partial charge is 0.338 e. The highest BCUT2D eigenvalue weighted by Crippen LogP contribution is 2.22. The zero-order valence-electron chi connectivity index (χ0n) is 11.1. The van der Waals surface area contributed by atoms with Crippen molar-refractivity contribution in [1.82, 2.24) is 0 Å². The van der Waals surface area contributed by atoms with Crippen LogP contribution in [0.3, 0.4) is 0 Å². The number of aliphatic hydroxyl groups excluding tert-OH is 1. The third-order valence-electron chi connectivity index (χ3n) is 2.74. The third kappa shape index (κ3) is 4.31. The molecule has 5 nitrogen and oxygen atoms in total. The first-order chi connectivity index (χ1) is 9.51. The van der Waals surface area contributed by atoms with E-state index in [1.807, 2.05) is 0 Å². The van der Waals surface area contributed by atoms with Crippen LogP contribution in [0.5, 0.6) is 0 Å². The zero-order valence-corrected chi connectivity index (χ0v) is 12.7. The number of alkyl halides is 1. The molecule has 1 unspecified atom stereocenters. The van der Waals surface area contributed by atoms with Gasteiger partial charge in [-0.15, -0.1) is 0 Å². The van der Waals surface area contributed by atoms with E-state index in [1.54, 1.807) is 19.1 Å². The maximum absolute atomic E-state index is 11.8. The van der Waals surface area contributed by atoms with Crippen molar-refractivity contribution in [2.24, 2.45) is 0 Å². The molecule has 0 saturated heterocycles. The molecule has 0 amide bonds. The number of halogens is 1. The number of aryl methyl sites for hydroxylation is 1. The molecule has 0 bridgehead atoms. The average molecular weight is 345 g/mol. The number of hydrogen-bond donors (Lipinski definition) is 2. The lowest BCUT2D eigenvalue weighted by Crippen LogP contribution is -2.17. The maximum Gasteiger partial charge on any atom is 0.338 e. The Morgan fingerprint density at radius 1 is 1.40 bits per heavy atom. The Kier molecular flexibility index (Phi) is 6.67. The minimum absolute atomic E-state index is 0.0722. The second-order valence-corrected chi connectivity index (χ2v) is 4.97. The van der Waals surface area contributed by atoms with E-state index in [2.05, 4.69) is 15.9 Å². The second kappa shape index (κ2) is 8.01. The van der Waals surface area contributed by atoms with Crippen LogP contribution < -0.4 is 0 Å². The molecule has 2 N–H and O–H groups in total. The van der Waals surface area contributed by atoms with Gasteiger partial charge >= 0.3 is 11.9 Å². The van der Waals surface area contributed by atoms with Crippen molar-refractivity contribution < 1.29 is 24.5 Å². The number of esters is 1. The number of carboxylic acid groups (broad SMARTS) is 1. The van der Waals surface area contributed by atoms with E-state index < -0.39 is 18.0 Å². The molecule has 0 aliphatic rings. The molecule has 1 aromatic carbocycles. The molecule has 0 saturated carbocycles. The Labute approximate surface area is 125 Å². The zero-order chi connectivity index (χ0) is 15.1. The van der Waals surface area contributed by atoms with E-state index >= 15 is 0 Å². The molecule has 0 fully saturated rings. The molecule has 0 spiro atoms. The summed E-state index contributed by atoms with van der Waals surface area (Å²) < 4.78 is 4.87. The van der Waals surface area contributed by atoms with Gasteiger partial charge in [0.05, 0.1) is 12.2 Å². The Morgan fingerprint density at radius 2 is 2.10 bits per heavy atom. The fraction of sp³-hybridized carbons (Fsp3) is 0.429. The lowest BCUT2D eigenvalue weighted by atomic mass is 9.97. The number of carbonyl (C=O) groups is 2. The molecular formula is C14H17BrO5. The SMILES string of the molecule is CCOC(=O)c1ccc(CCCBr)cc1C(O)C(=O)O. The monoisotopic (exact) mass is 344 g/mol. The van der Waals surface area contributed by atoms with Crippen LogP contribution in [0.25, 0.3) is 0 Å². The summed E-state index contributed by atoms with van der Waals surface area (Å²) in [5, 5.41) is 19.5. The highest BCUT2D eigenvalue weighted by atomic mass is 79.9. The molecule has 0 heterocycles. The maximum atomic E-state index is 11.8. The average Bonchev–Trinajstić information content (AvgIpc) is 2.44. The van der Waals surface area contributed by atoms with E-state index in [-0.39, 0.29) is 17.7 Å². The highest BCUT2D eigenvalue weighted by molar-refractivity contribution is 9.09. The van der Waals surface area contributed by atoms with Gasteiger partial charge in [-0.25, -0.2) is 9.59 Å². The van der Waals surface area contributed by atoms with Gasteiger partial charge in [0.15, 0.2) is 6.10 Å². The summed E-state index contributed by atoms with van der Waals surface area (Å²) in [6.45, 7) is 1.85. The minimum atomic E-state index is -1.74. The molecule has 1 aromatic rings. The number of rotatable bonds is 7. The van der Waals surface area contributed by atoms with Gasteiger partial charge in [-0.05, 0) is 31.4 Å². The first kappa shape index (κ1) is 16.7. The fourth-order valence-electron chi connectivity index (χ4n) is 1.79. The normalized spacial score (nSPS) is 11.9. The van der Waals surface area contributed by atoms with E-state index in [4.69, 9.17) is 9.84 Å². The molecular weight excluding hydrogens is 328 g/mol. The topological polar surface area (TPSA) is 83.8 Å². The summed E-state index contributed by atoms with van der Waals surface area (Å²) >= 11 is 3.32. The van der Waals surface area contributed by atoms with E-state index in [9.17, 15) is 14.7 Å². The first-order valence-corrected chi connectivity index (χ1v) is 7.40. The Hall–Kier alpha value is -1.40. The second-order valence-electron chi connectivity index (χ2n) is 4.18. The van der Waals surface area contributed by atoms with Gasteiger partial charge in [-0.3, -0.25) is 0 Å². The van der Waals surface area contributed by atoms with Gasteiger partial charge in [0, 0.05) is 10.9 Å². The van der Waals surface area contributed by atoms with Crippen LogP contribution in [0, 0.1) is 0 Å². The molecule has 0 aliphatic heterocycles. The van der Waals surface area contributed by atoms with Gasteiger partial charge < -0.3 is 14.9 Å². The van der Waals surface area contributed by atoms with Gasteiger partial charge in [0.1, 0.15) is 0 Å². The standard InChI is InChI=1S/C14H17BrO5/c1-2-20-14(19)10-6-5-9(4-3-7-15)8-11(10)12(16)13(17)18/h5-6,8,12,16H,2-4,7H2,1H3,(H,17,18). The molecule has 1 atom stereocenters. The fourth-order valence-corrected chi connectivity index (χ4v) is 2.07. The molecule has 6 heteroatoms. The summed E-state index contributed by atoms with van der Waals surface area (Å²) in [7, 11) is 0. The van der Waals surface area contributed by atoms with Crippen LogP contribution in [0.4, 0.5) is 0 Å². The molecule has 0 radical (unpaired) electrons. The van der Waals surface area contributed by atoms with E-state index in [1.165, 1.54) is 6.07 Å². The van der Waals surface area contributed by atoms with Gasteiger partial charge in [-0.1, -0.05) is 28.1 Å². The van der Waals surface area contributed by atoms with Crippen LogP contribution in [0.2, 0.25) is 0 Å². The summed E-state index contributed by atoms with van der Waals surface area (Å²) in [6.07, 6.45) is -0.131. The van der Waals surface area contributed by atoms with Crippen molar-refractivity contribution in [2.75, 3.05) is 11.9 Å². The Balaban J connectivity index is 3.15. The first-order valence-electron chi connectivity index (χ1n) is 6.28. The van der Waals surface area contributed by atoms with Crippen molar-refractivity contribution in [1.29, 1.82) is 0 Å². The van der Waals surface area contributed by atoms with Crippen LogP contribution in [0.15, 0.2) is 18.2 Å². The quantitative estimate of drug-likeness (QED) is 0.585. The predicted molar refractivity (Wildman–Crippen MR) is 77.1 cm³/mol. The number of hydrogen-bond acceptors (Lipinski definition) is 4. The lowest BCUT2D eigenvalue weighted by molar-refractivity contribution is -0.146. The lowest BCUT2D eigenvalue weighted by Gasteiger charge is -2.13. The number of benzene rings is 1. The summed E-state index contributed by atoms with van der Waals surface area (Å²) in [5.74, 6) is -2.02. The number of ether oxygens (including phenoxy) is 1. The van der Waals surface area contributed by atoms with Crippen LogP contribution in [-0.4, -0.2) is 34.1 Å². The van der Waals surface area contributed by atoms with Crippen LogP contribution in [0.1, 0.15) is 40.9 Å². The van der Waals surface area contributed by atoms with Gasteiger partial charge in [-0.2, -0.15) is 0 Å². The van der Waals surface area contributed by atoms with Crippen molar-refractivity contribution >= 4 is 27.9 Å². The highest BCUT2D eigenvalue weighted by Gasteiger charge is 2.23. The van der Waals surface area contributed by atoms with Crippen molar-refractivity contribution in [3.63, 3.8) is 0 Å². The number of aliphatic hydroxyl groups is 1. The molecule has 0 aliphatic carbocycles. The van der Waals surface area contributed by atoms with Crippen LogP contribution >= 0.6 is 15.9 Å². The summed E-state index contributed by atoms with van der Waals surface area (Å²) in [5.41, 5.74) is 1.03. The Bertz CT molecular complexity index is 486. The predicted octanol–water partition coefficient (Wildman–Crippen LogP) is 2.31. The van der Waals surface area contributed by atoms with Gasteiger partial charge in [0.2, 0.25) is 0 Å². The molecule has 1 rings (SSSR count).